The van der Waals surface area contributed by atoms with Crippen molar-refractivity contribution in [1.29, 1.82) is 0 Å². The number of carbonyl (C=O) groups is 1. The minimum atomic E-state index is -4.73. The van der Waals surface area contributed by atoms with Crippen molar-refractivity contribution < 1.29 is 31.5 Å². The maximum absolute atomic E-state index is 15.1. The number of alkyl halides is 3. The van der Waals surface area contributed by atoms with Gasteiger partial charge >= 0.3 is 12.2 Å². The Labute approximate surface area is 238 Å². The van der Waals surface area contributed by atoms with E-state index in [1.54, 1.807) is 6.07 Å². The first-order valence-electron chi connectivity index (χ1n) is 13.5. The lowest BCUT2D eigenvalue weighted by molar-refractivity contribution is -0.137. The van der Waals surface area contributed by atoms with Crippen molar-refractivity contribution in [2.75, 3.05) is 43.5 Å². The summed E-state index contributed by atoms with van der Waals surface area (Å²) < 4.78 is 73.4. The first-order valence-corrected chi connectivity index (χ1v) is 13.5. The number of rotatable bonds is 8. The van der Waals surface area contributed by atoms with Gasteiger partial charge in [0, 0.05) is 24.7 Å². The number of fused-ring (bicyclic) bond motifs is 1. The van der Waals surface area contributed by atoms with E-state index in [-0.39, 0.29) is 11.6 Å². The van der Waals surface area contributed by atoms with Crippen LogP contribution in [0.5, 0.6) is 0 Å². The number of allylic oxidation sites excluding steroid dienone is 1. The Hall–Kier alpha value is -4.04. The minimum Gasteiger partial charge on any atom is -0.385 e. The van der Waals surface area contributed by atoms with Crippen LogP contribution in [0.4, 0.5) is 38.1 Å². The molecule has 0 aliphatic carbocycles. The summed E-state index contributed by atoms with van der Waals surface area (Å²) >= 11 is 0. The summed E-state index contributed by atoms with van der Waals surface area (Å²) in [5.74, 6) is -1.89. The number of unbranched alkanes of at least 4 members (excludes halogenated alkanes) is 1. The van der Waals surface area contributed by atoms with E-state index in [9.17, 15) is 22.4 Å². The molecule has 2 unspecified atom stereocenters. The smallest absolute Gasteiger partial charge is 0.385 e. The number of nitrogens with two attached hydrogens (primary N) is 1. The van der Waals surface area contributed by atoms with E-state index in [0.717, 1.165) is 57.8 Å². The second kappa shape index (κ2) is 12.4. The van der Waals surface area contributed by atoms with Crippen LogP contribution in [0.15, 0.2) is 58.3 Å². The van der Waals surface area contributed by atoms with Gasteiger partial charge in [0.25, 0.3) is 0 Å². The van der Waals surface area contributed by atoms with E-state index in [2.05, 4.69) is 20.3 Å². The average molecular weight is 592 g/mol. The lowest BCUT2D eigenvalue weighted by Gasteiger charge is -2.30. The van der Waals surface area contributed by atoms with E-state index in [0.29, 0.717) is 29.6 Å². The Balaban J connectivity index is 1.25. The van der Waals surface area contributed by atoms with Crippen LogP contribution >= 0.6 is 0 Å². The second-order valence-electron chi connectivity index (χ2n) is 10.2. The zero-order chi connectivity index (χ0) is 29.9. The first-order chi connectivity index (χ1) is 20.1. The third-order valence-corrected chi connectivity index (χ3v) is 7.38. The molecule has 1 fully saturated rings. The van der Waals surface area contributed by atoms with E-state index < -0.39 is 41.1 Å². The Morgan fingerprint density at radius 3 is 2.52 bits per heavy atom. The normalized spacial score (nSPS) is 20.6. The van der Waals surface area contributed by atoms with Crippen molar-refractivity contribution in [3.63, 3.8) is 0 Å². The maximum atomic E-state index is 15.1. The number of morpholine rings is 1. The predicted molar refractivity (Wildman–Crippen MR) is 148 cm³/mol. The van der Waals surface area contributed by atoms with Crippen LogP contribution in [-0.4, -0.2) is 67.0 Å². The summed E-state index contributed by atoms with van der Waals surface area (Å²) in [6.07, 6.45) is 1.31. The molecule has 2 aromatic carbocycles. The van der Waals surface area contributed by atoms with Crippen LogP contribution in [0.25, 0.3) is 0 Å². The largest absolute Gasteiger partial charge is 0.416 e. The fourth-order valence-corrected chi connectivity index (χ4v) is 5.24. The molecule has 0 saturated carbocycles. The molecule has 42 heavy (non-hydrogen) atoms. The van der Waals surface area contributed by atoms with E-state index in [1.807, 2.05) is 16.4 Å². The van der Waals surface area contributed by atoms with E-state index >= 15 is 4.39 Å². The maximum Gasteiger partial charge on any atom is 0.416 e. The molecule has 1 saturated heterocycles. The number of benzene rings is 2. The van der Waals surface area contributed by atoms with Crippen molar-refractivity contribution in [2.24, 2.45) is 15.8 Å². The highest BCUT2D eigenvalue weighted by Gasteiger charge is 2.39. The number of urea groups is 1. The molecule has 3 aliphatic rings. The lowest BCUT2D eigenvalue weighted by atomic mass is 9.92. The Morgan fingerprint density at radius 1 is 1.02 bits per heavy atom. The number of nitrogens with one attached hydrogen (secondary N) is 2. The van der Waals surface area contributed by atoms with Gasteiger partial charge in [-0.1, -0.05) is 12.1 Å². The highest BCUT2D eigenvalue weighted by atomic mass is 19.4. The Bertz CT molecular complexity index is 1410. The number of aliphatic imine (C=N–C) groups is 1. The number of anilines is 2. The zero-order valence-electron chi connectivity index (χ0n) is 22.5. The molecule has 2 aromatic rings. The van der Waals surface area contributed by atoms with Gasteiger partial charge in [0.1, 0.15) is 29.9 Å². The van der Waals surface area contributed by atoms with Crippen LogP contribution in [-0.2, 0) is 10.9 Å². The number of carbonyl (C=O) groups excluding carboxylic acids is 1. The highest BCUT2D eigenvalue weighted by Crippen LogP contribution is 2.39. The predicted octanol–water partition coefficient (Wildman–Crippen LogP) is 5.10. The molecule has 0 bridgehead atoms. The van der Waals surface area contributed by atoms with Gasteiger partial charge in [-0.2, -0.15) is 18.3 Å². The van der Waals surface area contributed by atoms with Crippen molar-refractivity contribution in [2.45, 2.75) is 37.4 Å². The second-order valence-corrected chi connectivity index (χ2v) is 10.2. The van der Waals surface area contributed by atoms with Gasteiger partial charge in [-0.25, -0.2) is 18.6 Å². The quantitative estimate of drug-likeness (QED) is 0.293. The summed E-state index contributed by atoms with van der Waals surface area (Å²) in [6, 6.07) is 4.24. The van der Waals surface area contributed by atoms with Crippen molar-refractivity contribution in [1.82, 2.24) is 9.91 Å². The fourth-order valence-electron chi connectivity index (χ4n) is 5.24. The molecule has 14 heteroatoms. The topological polar surface area (TPSA) is 108 Å². The Morgan fingerprint density at radius 2 is 1.79 bits per heavy atom. The lowest BCUT2D eigenvalue weighted by Crippen LogP contribution is -2.43. The molecule has 3 aliphatic heterocycles. The molecule has 4 N–H and O–H groups in total. The van der Waals surface area contributed by atoms with Gasteiger partial charge in [0.05, 0.1) is 30.2 Å². The summed E-state index contributed by atoms with van der Waals surface area (Å²) in [4.78, 5) is 18.9. The zero-order valence-corrected chi connectivity index (χ0v) is 22.5. The molecule has 2 atom stereocenters. The summed E-state index contributed by atoms with van der Waals surface area (Å²) in [6.45, 7) is 4.33. The van der Waals surface area contributed by atoms with Crippen LogP contribution in [0.2, 0.25) is 0 Å². The van der Waals surface area contributed by atoms with E-state index in [4.69, 9.17) is 10.5 Å². The van der Waals surface area contributed by atoms with Crippen LogP contribution < -0.4 is 16.4 Å². The average Bonchev–Trinajstić information content (AvgIpc) is 3.33. The molecule has 5 rings (SSSR count). The minimum absolute atomic E-state index is 0.242. The first kappa shape index (κ1) is 29.5. The number of halogens is 5. The van der Waals surface area contributed by atoms with Gasteiger partial charge in [0.2, 0.25) is 0 Å². The van der Waals surface area contributed by atoms with Gasteiger partial charge in [-0.05, 0) is 61.7 Å². The van der Waals surface area contributed by atoms with Crippen molar-refractivity contribution in [3.05, 3.63) is 70.9 Å². The summed E-state index contributed by atoms with van der Waals surface area (Å²) in [5, 5.41) is 10.4. The number of amidine groups is 1. The third-order valence-electron chi connectivity index (χ3n) is 7.38. The van der Waals surface area contributed by atoms with E-state index in [1.165, 1.54) is 18.5 Å². The molecular formula is C28H30F5N7O2. The standard InChI is InChI=1S/C28H30F5N7O2/c29-21-6-5-18(28(31,32)33)14-24(21)38-27(41)37-23-7-4-17(13-22(23)30)20-15-19(40-25(20)26(34)35-16-36-40)3-1-2-8-39-9-11-42-12-10-39/h4-7,13-16,20,25H,1-3,8-12H2,(H2,34,35,36)(H2,37,38,41). The molecule has 9 nitrogen and oxygen atoms in total. The summed E-state index contributed by atoms with van der Waals surface area (Å²) in [7, 11) is 0. The fraction of sp³-hybridized carbons (Fsp3) is 0.393. The molecule has 2 amide bonds. The third kappa shape index (κ3) is 6.71. The van der Waals surface area contributed by atoms with Crippen LogP contribution in [0.1, 0.15) is 36.3 Å². The number of hydrogen-bond acceptors (Lipinski definition) is 7. The Kier molecular flexibility index (Phi) is 8.73. The monoisotopic (exact) mass is 591 g/mol. The van der Waals surface area contributed by atoms with Crippen LogP contribution in [0.3, 0.4) is 0 Å². The number of amides is 2. The van der Waals surface area contributed by atoms with Crippen molar-refractivity contribution in [3.8, 4) is 0 Å². The van der Waals surface area contributed by atoms with Crippen molar-refractivity contribution >= 4 is 29.6 Å². The molecule has 0 aromatic heterocycles. The number of nitrogens with zero attached hydrogens (tertiary/aromatic N) is 4. The van der Waals surface area contributed by atoms with Crippen LogP contribution in [0, 0.1) is 11.6 Å². The SMILES string of the molecule is NC1=NC=NN2C(CCCCN3CCOCC3)=CC(c3ccc(NC(=O)Nc4cc(C(F)(F)F)ccc4F)c(F)c3)C12. The molecule has 224 valence electrons. The number of ether oxygens (including phenoxy) is 1. The number of hydrogen-bond donors (Lipinski definition) is 3. The number of hydrazone groups is 1. The van der Waals surface area contributed by atoms with Gasteiger partial charge in [0.15, 0.2) is 0 Å². The van der Waals surface area contributed by atoms with Gasteiger partial charge < -0.3 is 21.1 Å². The van der Waals surface area contributed by atoms with Gasteiger partial charge in [-0.15, -0.1) is 0 Å². The summed E-state index contributed by atoms with van der Waals surface area (Å²) in [5.41, 5.74) is 5.67. The van der Waals surface area contributed by atoms with Gasteiger partial charge in [-0.3, -0.25) is 9.91 Å². The molecule has 0 spiro atoms. The molecule has 0 radical (unpaired) electrons. The molecule has 3 heterocycles. The molecular weight excluding hydrogens is 561 g/mol. The highest BCUT2D eigenvalue weighted by molar-refractivity contribution is 6.00.